The van der Waals surface area contributed by atoms with E-state index < -0.39 is 24.0 Å². The Morgan fingerprint density at radius 1 is 1.16 bits per heavy atom. The van der Waals surface area contributed by atoms with Crippen LogP contribution in [0.4, 0.5) is 8.78 Å². The SMILES string of the molecule is CC(CN1CCC(C(C)(F)F)C1)[C@H]1CC[C@H]2C(=CC=C3C[C@@H](O)C[C@H](O)C3)CCC[C@]12C. The molecule has 3 nitrogen and oxygen atoms in total. The first-order valence-electron chi connectivity index (χ1n) is 12.9. The summed E-state index contributed by atoms with van der Waals surface area (Å²) in [4.78, 5) is 2.28. The number of rotatable bonds is 5. The summed E-state index contributed by atoms with van der Waals surface area (Å²) >= 11 is 0. The molecular formula is C27H43F2NO2. The number of aliphatic hydroxyl groups is 2. The molecule has 182 valence electrons. The highest BCUT2D eigenvalue weighted by Gasteiger charge is 2.51. The Kier molecular flexibility index (Phi) is 7.20. The quantitative estimate of drug-likeness (QED) is 0.574. The van der Waals surface area contributed by atoms with Gasteiger partial charge < -0.3 is 15.1 Å². The van der Waals surface area contributed by atoms with Crippen LogP contribution in [0.3, 0.4) is 0 Å². The van der Waals surface area contributed by atoms with E-state index in [9.17, 15) is 19.0 Å². The number of hydrogen-bond donors (Lipinski definition) is 2. The van der Waals surface area contributed by atoms with E-state index in [-0.39, 0.29) is 0 Å². The van der Waals surface area contributed by atoms with Crippen molar-refractivity contribution in [2.45, 2.75) is 96.7 Å². The van der Waals surface area contributed by atoms with Gasteiger partial charge >= 0.3 is 0 Å². The van der Waals surface area contributed by atoms with Crippen molar-refractivity contribution in [3.8, 4) is 0 Å². The minimum absolute atomic E-state index is 0.293. The van der Waals surface area contributed by atoms with Crippen molar-refractivity contribution in [1.82, 2.24) is 4.90 Å². The summed E-state index contributed by atoms with van der Waals surface area (Å²) in [5, 5.41) is 20.0. The van der Waals surface area contributed by atoms with Gasteiger partial charge in [-0.3, -0.25) is 0 Å². The van der Waals surface area contributed by atoms with E-state index in [1.807, 2.05) is 0 Å². The molecule has 0 aromatic carbocycles. The number of aliphatic hydroxyl groups excluding tert-OH is 2. The van der Waals surface area contributed by atoms with E-state index in [0.29, 0.717) is 55.4 Å². The molecule has 0 bridgehead atoms. The standard InChI is InChI=1S/C27H43F2NO2/c1-18(16-30-12-10-21(17-30)27(3,28)29)24-8-9-25-20(5-4-11-26(24,25)2)7-6-19-13-22(31)15-23(32)14-19/h6-7,18,21-25,31-32H,4-5,8-17H2,1-3H3/t18?,21?,22-,23-,24-,25+,26-/m1/s1. The molecule has 2 unspecified atom stereocenters. The summed E-state index contributed by atoms with van der Waals surface area (Å²) in [7, 11) is 0. The average Bonchev–Trinajstić information content (AvgIpc) is 3.29. The van der Waals surface area contributed by atoms with Crippen LogP contribution in [-0.4, -0.2) is 52.9 Å². The molecule has 7 atom stereocenters. The lowest BCUT2D eigenvalue weighted by Crippen LogP contribution is -2.40. The fraction of sp³-hybridized carbons (Fsp3) is 0.852. The fourth-order valence-corrected chi connectivity index (χ4v) is 7.69. The van der Waals surface area contributed by atoms with Crippen LogP contribution in [0.15, 0.2) is 23.3 Å². The summed E-state index contributed by atoms with van der Waals surface area (Å²) in [6.07, 6.45) is 12.2. The van der Waals surface area contributed by atoms with Gasteiger partial charge in [-0.25, -0.2) is 8.78 Å². The van der Waals surface area contributed by atoms with Crippen LogP contribution >= 0.6 is 0 Å². The molecule has 1 saturated heterocycles. The van der Waals surface area contributed by atoms with E-state index in [2.05, 4.69) is 30.9 Å². The Balaban J connectivity index is 1.41. The third-order valence-electron chi connectivity index (χ3n) is 9.33. The molecule has 3 saturated carbocycles. The van der Waals surface area contributed by atoms with E-state index in [4.69, 9.17) is 0 Å². The lowest BCUT2D eigenvalue weighted by Gasteiger charge is -2.45. The number of fused-ring (bicyclic) bond motifs is 1. The topological polar surface area (TPSA) is 43.7 Å². The number of allylic oxidation sites excluding steroid dienone is 3. The Bertz CT molecular complexity index is 718. The highest BCUT2D eigenvalue weighted by Crippen LogP contribution is 2.59. The average molecular weight is 452 g/mol. The number of alkyl halides is 2. The molecule has 4 aliphatic rings. The number of nitrogens with zero attached hydrogens (tertiary/aromatic N) is 1. The van der Waals surface area contributed by atoms with Crippen LogP contribution in [0.25, 0.3) is 0 Å². The van der Waals surface area contributed by atoms with Crippen molar-refractivity contribution in [2.24, 2.45) is 29.1 Å². The molecular weight excluding hydrogens is 408 g/mol. The smallest absolute Gasteiger partial charge is 0.249 e. The van der Waals surface area contributed by atoms with Crippen molar-refractivity contribution >= 4 is 0 Å². The normalized spacial score (nSPS) is 41.2. The van der Waals surface area contributed by atoms with Gasteiger partial charge in [-0.2, -0.15) is 0 Å². The number of hydrogen-bond acceptors (Lipinski definition) is 3. The fourth-order valence-electron chi connectivity index (χ4n) is 7.69. The molecule has 0 amide bonds. The van der Waals surface area contributed by atoms with Crippen molar-refractivity contribution < 1.29 is 19.0 Å². The third kappa shape index (κ3) is 5.15. The molecule has 1 heterocycles. The molecule has 0 radical (unpaired) electrons. The van der Waals surface area contributed by atoms with Gasteiger partial charge in [0.15, 0.2) is 0 Å². The van der Waals surface area contributed by atoms with Gasteiger partial charge in [0.2, 0.25) is 5.92 Å². The second-order valence-electron chi connectivity index (χ2n) is 11.8. The van der Waals surface area contributed by atoms with E-state index in [1.54, 1.807) is 5.57 Å². The van der Waals surface area contributed by atoms with Crippen LogP contribution in [0.2, 0.25) is 0 Å². The second kappa shape index (κ2) is 9.46. The van der Waals surface area contributed by atoms with Crippen LogP contribution in [0.5, 0.6) is 0 Å². The molecule has 1 aliphatic heterocycles. The molecule has 2 N–H and O–H groups in total. The molecule has 4 rings (SSSR count). The summed E-state index contributed by atoms with van der Waals surface area (Å²) in [6, 6.07) is 0. The van der Waals surface area contributed by atoms with Gasteiger partial charge in [0.25, 0.3) is 0 Å². The van der Waals surface area contributed by atoms with Crippen molar-refractivity contribution in [3.05, 3.63) is 23.3 Å². The minimum Gasteiger partial charge on any atom is -0.393 e. The van der Waals surface area contributed by atoms with Crippen LogP contribution in [0, 0.1) is 29.1 Å². The Labute approximate surface area is 193 Å². The van der Waals surface area contributed by atoms with Crippen LogP contribution in [-0.2, 0) is 0 Å². The van der Waals surface area contributed by atoms with Gasteiger partial charge in [-0.05, 0) is 94.4 Å². The molecule has 4 fully saturated rings. The lowest BCUT2D eigenvalue weighted by molar-refractivity contribution is -0.0360. The Morgan fingerprint density at radius 3 is 2.53 bits per heavy atom. The molecule has 5 heteroatoms. The first-order valence-corrected chi connectivity index (χ1v) is 12.9. The maximum Gasteiger partial charge on any atom is 0.249 e. The maximum atomic E-state index is 13.7. The monoisotopic (exact) mass is 451 g/mol. The Morgan fingerprint density at radius 2 is 1.88 bits per heavy atom. The highest BCUT2D eigenvalue weighted by atomic mass is 19.3. The molecule has 3 aliphatic carbocycles. The summed E-state index contributed by atoms with van der Waals surface area (Å²) in [5.74, 6) is -1.29. The third-order valence-corrected chi connectivity index (χ3v) is 9.33. The van der Waals surface area contributed by atoms with Crippen molar-refractivity contribution in [1.29, 1.82) is 0 Å². The van der Waals surface area contributed by atoms with Crippen molar-refractivity contribution in [2.75, 3.05) is 19.6 Å². The summed E-state index contributed by atoms with van der Waals surface area (Å²) < 4.78 is 27.5. The molecule has 32 heavy (non-hydrogen) atoms. The van der Waals surface area contributed by atoms with E-state index >= 15 is 0 Å². The van der Waals surface area contributed by atoms with Gasteiger partial charge in [0.05, 0.1) is 12.2 Å². The summed E-state index contributed by atoms with van der Waals surface area (Å²) in [5.41, 5.74) is 3.00. The largest absolute Gasteiger partial charge is 0.393 e. The zero-order valence-corrected chi connectivity index (χ0v) is 20.2. The predicted octanol–water partition coefficient (Wildman–Crippen LogP) is 5.57. The lowest BCUT2D eigenvalue weighted by atomic mass is 9.61. The van der Waals surface area contributed by atoms with E-state index in [1.165, 1.54) is 25.7 Å². The maximum absolute atomic E-state index is 13.7. The molecule has 0 aromatic heterocycles. The molecule has 0 spiro atoms. The van der Waals surface area contributed by atoms with Crippen LogP contribution < -0.4 is 0 Å². The first-order chi connectivity index (χ1) is 15.1. The predicted molar refractivity (Wildman–Crippen MR) is 125 cm³/mol. The first kappa shape index (κ1) is 24.3. The number of halogens is 2. The van der Waals surface area contributed by atoms with Crippen LogP contribution in [0.1, 0.15) is 78.6 Å². The van der Waals surface area contributed by atoms with Crippen molar-refractivity contribution in [3.63, 3.8) is 0 Å². The van der Waals surface area contributed by atoms with Gasteiger partial charge in [0, 0.05) is 19.0 Å². The van der Waals surface area contributed by atoms with E-state index in [0.717, 1.165) is 32.0 Å². The Hall–Kier alpha value is -0.780. The minimum atomic E-state index is -2.57. The summed E-state index contributed by atoms with van der Waals surface area (Å²) in [6.45, 7) is 8.19. The van der Waals surface area contributed by atoms with Gasteiger partial charge in [-0.15, -0.1) is 0 Å². The van der Waals surface area contributed by atoms with Gasteiger partial charge in [0.1, 0.15) is 0 Å². The zero-order valence-electron chi connectivity index (χ0n) is 20.2. The zero-order chi connectivity index (χ0) is 23.1. The number of likely N-dealkylation sites (tertiary alicyclic amines) is 1. The molecule has 0 aromatic rings. The highest BCUT2D eigenvalue weighted by molar-refractivity contribution is 5.26. The van der Waals surface area contributed by atoms with Gasteiger partial charge in [-0.1, -0.05) is 37.1 Å². The second-order valence-corrected chi connectivity index (χ2v) is 11.8.